The quantitative estimate of drug-likeness (QED) is 0.375. The van der Waals surface area contributed by atoms with E-state index in [1.165, 1.54) is 18.5 Å². The molecule has 3 rings (SSSR count). The molecule has 0 bridgehead atoms. The van der Waals surface area contributed by atoms with E-state index in [0.717, 1.165) is 34.5 Å². The monoisotopic (exact) mass is 458 g/mol. The summed E-state index contributed by atoms with van der Waals surface area (Å²) in [6.45, 7) is 15.3. The molecular formula is C25H38N4O2S. The van der Waals surface area contributed by atoms with Gasteiger partial charge in [0.25, 0.3) is 0 Å². The third-order valence-corrected chi connectivity index (χ3v) is 6.49. The first-order valence-electron chi connectivity index (χ1n) is 11.9. The van der Waals surface area contributed by atoms with Crippen molar-refractivity contribution in [2.24, 2.45) is 11.8 Å². The Kier molecular flexibility index (Phi) is 8.51. The fourth-order valence-electron chi connectivity index (χ4n) is 3.87. The van der Waals surface area contributed by atoms with Crippen molar-refractivity contribution < 1.29 is 9.53 Å². The maximum Gasteiger partial charge on any atom is 0.306 e. The van der Waals surface area contributed by atoms with Gasteiger partial charge in [0.2, 0.25) is 5.13 Å². The van der Waals surface area contributed by atoms with Gasteiger partial charge in [-0.15, -0.1) is 10.2 Å². The van der Waals surface area contributed by atoms with Crippen LogP contribution >= 0.6 is 11.3 Å². The Balaban J connectivity index is 1.91. The van der Waals surface area contributed by atoms with Gasteiger partial charge in [-0.3, -0.25) is 4.79 Å². The van der Waals surface area contributed by atoms with Crippen LogP contribution in [0.25, 0.3) is 0 Å². The van der Waals surface area contributed by atoms with Gasteiger partial charge in [-0.05, 0) is 55.2 Å². The van der Waals surface area contributed by atoms with Crippen LogP contribution in [0.5, 0.6) is 0 Å². The molecule has 7 heteroatoms. The van der Waals surface area contributed by atoms with Crippen molar-refractivity contribution in [1.29, 1.82) is 0 Å². The molecule has 2 aromatic rings. The summed E-state index contributed by atoms with van der Waals surface area (Å²) in [6.07, 6.45) is 2.81. The van der Waals surface area contributed by atoms with Crippen LogP contribution in [0, 0.1) is 11.8 Å². The lowest BCUT2D eigenvalue weighted by Gasteiger charge is -2.31. The van der Waals surface area contributed by atoms with Crippen molar-refractivity contribution in [2.45, 2.75) is 72.6 Å². The number of hydrogen-bond acceptors (Lipinski definition) is 7. The van der Waals surface area contributed by atoms with E-state index >= 15 is 0 Å². The molecule has 32 heavy (non-hydrogen) atoms. The first-order chi connectivity index (χ1) is 15.3. The van der Waals surface area contributed by atoms with Gasteiger partial charge in [-0.2, -0.15) is 0 Å². The smallest absolute Gasteiger partial charge is 0.306 e. The summed E-state index contributed by atoms with van der Waals surface area (Å²) in [7, 11) is 0. The van der Waals surface area contributed by atoms with Gasteiger partial charge in [-0.25, -0.2) is 0 Å². The first kappa shape index (κ1) is 24.5. The van der Waals surface area contributed by atoms with Crippen molar-refractivity contribution in [3.8, 4) is 0 Å². The lowest BCUT2D eigenvalue weighted by molar-refractivity contribution is -0.143. The molecule has 1 aliphatic rings. The molecule has 1 unspecified atom stereocenters. The molecule has 1 aromatic carbocycles. The zero-order valence-electron chi connectivity index (χ0n) is 20.4. The number of aromatic nitrogens is 2. The van der Waals surface area contributed by atoms with Crippen LogP contribution in [0.1, 0.15) is 83.2 Å². The molecule has 1 saturated carbocycles. The van der Waals surface area contributed by atoms with E-state index in [4.69, 9.17) is 4.74 Å². The van der Waals surface area contributed by atoms with Gasteiger partial charge in [0.1, 0.15) is 5.01 Å². The Labute approximate surface area is 196 Å². The topological polar surface area (TPSA) is 67.3 Å². The minimum absolute atomic E-state index is 0.0729. The number of nitrogens with zero attached hydrogens (tertiary/aromatic N) is 3. The van der Waals surface area contributed by atoms with Gasteiger partial charge >= 0.3 is 5.97 Å². The molecule has 176 valence electrons. The van der Waals surface area contributed by atoms with Crippen LogP contribution in [0.15, 0.2) is 18.2 Å². The lowest BCUT2D eigenvalue weighted by atomic mass is 9.96. The number of benzene rings is 1. The van der Waals surface area contributed by atoms with Crippen molar-refractivity contribution in [2.75, 3.05) is 29.9 Å². The van der Waals surface area contributed by atoms with E-state index in [2.05, 4.69) is 73.2 Å². The second kappa shape index (κ2) is 11.1. The third-order valence-electron chi connectivity index (χ3n) is 5.49. The number of nitrogens with one attached hydrogen (secondary N) is 1. The molecule has 1 aliphatic carbocycles. The Morgan fingerprint density at radius 1 is 1.16 bits per heavy atom. The molecule has 6 nitrogen and oxygen atoms in total. The van der Waals surface area contributed by atoms with Crippen LogP contribution < -0.4 is 10.2 Å². The third kappa shape index (κ3) is 6.92. The van der Waals surface area contributed by atoms with E-state index in [0.29, 0.717) is 30.8 Å². The normalized spacial score (nSPS) is 14.6. The molecule has 0 saturated heterocycles. The molecule has 1 heterocycles. The van der Waals surface area contributed by atoms with Crippen molar-refractivity contribution >= 4 is 33.8 Å². The Morgan fingerprint density at radius 3 is 2.44 bits per heavy atom. The Bertz CT molecular complexity index is 882. The SMILES string of the molecule is CCOC(=O)CC(C)c1ccc(N(CC(C)C)CC(C)C)c(Nc2nnc(C3CC3)s2)c1. The number of rotatable bonds is 12. The number of esters is 1. The number of carbonyl (C=O) groups excluding carboxylic acids is 1. The summed E-state index contributed by atoms with van der Waals surface area (Å²) >= 11 is 1.65. The maximum absolute atomic E-state index is 12.0. The molecule has 0 aliphatic heterocycles. The van der Waals surface area contributed by atoms with Crippen LogP contribution in [0.2, 0.25) is 0 Å². The average Bonchev–Trinajstić information content (AvgIpc) is 3.46. The largest absolute Gasteiger partial charge is 0.466 e. The van der Waals surface area contributed by atoms with E-state index in [1.54, 1.807) is 11.3 Å². The first-order valence-corrected chi connectivity index (χ1v) is 12.7. The van der Waals surface area contributed by atoms with E-state index in [-0.39, 0.29) is 11.9 Å². The highest BCUT2D eigenvalue weighted by molar-refractivity contribution is 7.15. The molecule has 0 amide bonds. The van der Waals surface area contributed by atoms with Gasteiger partial charge in [0.15, 0.2) is 0 Å². The summed E-state index contributed by atoms with van der Waals surface area (Å²) in [5.74, 6) is 1.61. The number of ether oxygens (including phenoxy) is 1. The van der Waals surface area contributed by atoms with Gasteiger partial charge in [0.05, 0.1) is 24.4 Å². The second-order valence-corrected chi connectivity index (χ2v) is 10.7. The number of carbonyl (C=O) groups is 1. The Morgan fingerprint density at radius 2 is 1.84 bits per heavy atom. The fraction of sp³-hybridized carbons (Fsp3) is 0.640. The summed E-state index contributed by atoms with van der Waals surface area (Å²) < 4.78 is 5.16. The number of anilines is 3. The predicted octanol–water partition coefficient (Wildman–Crippen LogP) is 6.33. The molecular weight excluding hydrogens is 420 g/mol. The van der Waals surface area contributed by atoms with Gasteiger partial charge in [-0.1, -0.05) is 52.0 Å². The van der Waals surface area contributed by atoms with E-state index < -0.39 is 0 Å². The second-order valence-electron chi connectivity index (χ2n) is 9.72. The maximum atomic E-state index is 12.0. The van der Waals surface area contributed by atoms with Crippen LogP contribution in [0.3, 0.4) is 0 Å². The van der Waals surface area contributed by atoms with Crippen molar-refractivity contribution in [3.05, 3.63) is 28.8 Å². The molecule has 1 atom stereocenters. The summed E-state index contributed by atoms with van der Waals surface area (Å²) in [5.41, 5.74) is 3.31. The van der Waals surface area contributed by atoms with Gasteiger partial charge in [0, 0.05) is 19.0 Å². The van der Waals surface area contributed by atoms with Crippen LogP contribution in [-0.4, -0.2) is 35.9 Å². The van der Waals surface area contributed by atoms with Crippen molar-refractivity contribution in [3.63, 3.8) is 0 Å². The zero-order valence-corrected chi connectivity index (χ0v) is 21.2. The summed E-state index contributed by atoms with van der Waals surface area (Å²) in [5, 5.41) is 14.3. The fourth-order valence-corrected chi connectivity index (χ4v) is 4.80. The highest BCUT2D eigenvalue weighted by atomic mass is 32.1. The van der Waals surface area contributed by atoms with Gasteiger partial charge < -0.3 is 15.0 Å². The molecule has 0 spiro atoms. The molecule has 0 radical (unpaired) electrons. The van der Waals surface area contributed by atoms with Crippen molar-refractivity contribution in [1.82, 2.24) is 10.2 Å². The minimum atomic E-state index is -0.155. The lowest BCUT2D eigenvalue weighted by Crippen LogP contribution is -2.31. The van der Waals surface area contributed by atoms with Crippen LogP contribution in [-0.2, 0) is 9.53 Å². The Hall–Kier alpha value is -2.15. The standard InChI is InChI=1S/C25H38N4O2S/c1-7-31-23(30)12-18(6)20-10-11-22(29(14-16(2)3)15-17(4)5)21(13-20)26-25-28-27-24(32-25)19-8-9-19/h10-11,13,16-19H,7-9,12,14-15H2,1-6H3,(H,26,28). The zero-order chi connectivity index (χ0) is 23.3. The molecule has 1 N–H and O–H groups in total. The average molecular weight is 459 g/mol. The van der Waals surface area contributed by atoms with E-state index in [9.17, 15) is 4.79 Å². The molecule has 1 fully saturated rings. The number of hydrogen-bond donors (Lipinski definition) is 1. The predicted molar refractivity (Wildman–Crippen MR) is 133 cm³/mol. The minimum Gasteiger partial charge on any atom is -0.466 e. The highest BCUT2D eigenvalue weighted by Crippen LogP contribution is 2.43. The summed E-state index contributed by atoms with van der Waals surface area (Å²) in [4.78, 5) is 14.5. The molecule has 1 aromatic heterocycles. The highest BCUT2D eigenvalue weighted by Gasteiger charge is 2.28. The van der Waals surface area contributed by atoms with E-state index in [1.807, 2.05) is 6.92 Å². The van der Waals surface area contributed by atoms with Crippen LogP contribution in [0.4, 0.5) is 16.5 Å². The summed E-state index contributed by atoms with van der Waals surface area (Å²) in [6, 6.07) is 6.51.